The maximum Gasteiger partial charge on any atom is 0.156 e. The summed E-state index contributed by atoms with van der Waals surface area (Å²) in [6.07, 6.45) is 4.44. The predicted molar refractivity (Wildman–Crippen MR) is 67.7 cm³/mol. The van der Waals surface area contributed by atoms with Crippen LogP contribution >= 0.6 is 11.6 Å². The highest BCUT2D eigenvalue weighted by molar-refractivity contribution is 6.32. The molecule has 0 spiro atoms. The van der Waals surface area contributed by atoms with Crippen molar-refractivity contribution in [1.82, 2.24) is 9.97 Å². The van der Waals surface area contributed by atoms with Crippen LogP contribution in [-0.2, 0) is 0 Å². The van der Waals surface area contributed by atoms with Crippen LogP contribution in [0.15, 0.2) is 6.33 Å². The Hall–Kier alpha value is -1.16. The summed E-state index contributed by atoms with van der Waals surface area (Å²) in [6.45, 7) is 6.25. The van der Waals surface area contributed by atoms with Crippen molar-refractivity contribution >= 4 is 23.7 Å². The van der Waals surface area contributed by atoms with Gasteiger partial charge in [-0.05, 0) is 18.3 Å². The molecule has 0 aromatic carbocycles. The van der Waals surface area contributed by atoms with Crippen LogP contribution in [0.4, 0.5) is 5.82 Å². The Morgan fingerprint density at radius 3 is 2.88 bits per heavy atom. The number of aromatic nitrogens is 2. The van der Waals surface area contributed by atoms with Crippen LogP contribution in [0.2, 0.25) is 5.15 Å². The zero-order valence-electron chi connectivity index (χ0n) is 10.1. The van der Waals surface area contributed by atoms with Crippen molar-refractivity contribution in [3.05, 3.63) is 17.0 Å². The number of hydrogen-bond acceptors (Lipinski definition) is 4. The molecule has 1 aliphatic heterocycles. The smallest absolute Gasteiger partial charge is 0.156 e. The number of carbonyl (C=O) groups excluding carboxylic acids is 1. The van der Waals surface area contributed by atoms with Gasteiger partial charge in [-0.25, -0.2) is 9.97 Å². The van der Waals surface area contributed by atoms with E-state index in [0.29, 0.717) is 11.4 Å². The summed E-state index contributed by atoms with van der Waals surface area (Å²) in [5.74, 6) is 0.660. The van der Waals surface area contributed by atoms with E-state index in [2.05, 4.69) is 28.7 Å². The third-order valence-corrected chi connectivity index (χ3v) is 3.43. The fourth-order valence-electron chi connectivity index (χ4n) is 2.32. The molecule has 0 atom stereocenters. The topological polar surface area (TPSA) is 46.1 Å². The second-order valence-electron chi connectivity index (χ2n) is 5.21. The van der Waals surface area contributed by atoms with Gasteiger partial charge in [0.15, 0.2) is 6.29 Å². The fourth-order valence-corrected chi connectivity index (χ4v) is 2.50. The van der Waals surface area contributed by atoms with Gasteiger partial charge in [0.05, 0.1) is 5.56 Å². The highest BCUT2D eigenvalue weighted by Gasteiger charge is 2.28. The van der Waals surface area contributed by atoms with Crippen LogP contribution in [0.5, 0.6) is 0 Å². The number of nitrogens with zero attached hydrogens (tertiary/aromatic N) is 3. The Labute approximate surface area is 106 Å². The Bertz CT molecular complexity index is 434. The van der Waals surface area contributed by atoms with Gasteiger partial charge in [-0.1, -0.05) is 25.4 Å². The summed E-state index contributed by atoms with van der Waals surface area (Å²) in [7, 11) is 0. The monoisotopic (exact) mass is 253 g/mol. The Morgan fingerprint density at radius 2 is 2.24 bits per heavy atom. The number of aldehydes is 1. The van der Waals surface area contributed by atoms with Gasteiger partial charge < -0.3 is 4.90 Å². The molecule has 0 bridgehead atoms. The third kappa shape index (κ3) is 2.57. The minimum atomic E-state index is 0.230. The second kappa shape index (κ2) is 4.61. The maximum absolute atomic E-state index is 11.1. The first-order chi connectivity index (χ1) is 8.03. The van der Waals surface area contributed by atoms with Crippen molar-refractivity contribution in [2.45, 2.75) is 26.7 Å². The quantitative estimate of drug-likeness (QED) is 0.600. The summed E-state index contributed by atoms with van der Waals surface area (Å²) in [5.41, 5.74) is 0.641. The number of halogens is 1. The van der Waals surface area contributed by atoms with Gasteiger partial charge in [0.2, 0.25) is 0 Å². The van der Waals surface area contributed by atoms with E-state index >= 15 is 0 Å². The summed E-state index contributed by atoms with van der Waals surface area (Å²) < 4.78 is 0. The lowest BCUT2D eigenvalue weighted by atomic mass is 9.84. The number of piperidine rings is 1. The molecule has 17 heavy (non-hydrogen) atoms. The van der Waals surface area contributed by atoms with Crippen molar-refractivity contribution < 1.29 is 4.79 Å². The predicted octanol–water partition coefficient (Wildman–Crippen LogP) is 2.57. The van der Waals surface area contributed by atoms with Gasteiger partial charge >= 0.3 is 0 Å². The molecule has 92 valence electrons. The van der Waals surface area contributed by atoms with Crippen molar-refractivity contribution in [3.63, 3.8) is 0 Å². The van der Waals surface area contributed by atoms with E-state index in [-0.39, 0.29) is 10.6 Å². The van der Waals surface area contributed by atoms with Gasteiger partial charge in [0.25, 0.3) is 0 Å². The minimum Gasteiger partial charge on any atom is -0.355 e. The van der Waals surface area contributed by atoms with Gasteiger partial charge in [-0.15, -0.1) is 0 Å². The molecule has 4 nitrogen and oxygen atoms in total. The van der Waals surface area contributed by atoms with Crippen LogP contribution in [0, 0.1) is 5.41 Å². The van der Waals surface area contributed by atoms with Gasteiger partial charge in [0.1, 0.15) is 17.3 Å². The van der Waals surface area contributed by atoms with Crippen LogP contribution in [0.1, 0.15) is 37.0 Å². The Kier molecular flexibility index (Phi) is 3.33. The minimum absolute atomic E-state index is 0.230. The van der Waals surface area contributed by atoms with Crippen LogP contribution in [0.25, 0.3) is 0 Å². The first-order valence-electron chi connectivity index (χ1n) is 5.74. The van der Waals surface area contributed by atoms with E-state index in [0.717, 1.165) is 25.8 Å². The van der Waals surface area contributed by atoms with Crippen LogP contribution in [0.3, 0.4) is 0 Å². The molecule has 5 heteroatoms. The van der Waals surface area contributed by atoms with E-state index in [1.54, 1.807) is 0 Å². The molecule has 1 fully saturated rings. The molecule has 0 saturated carbocycles. The summed E-state index contributed by atoms with van der Waals surface area (Å²) >= 11 is 5.91. The number of carbonyl (C=O) groups is 1. The molecule has 0 unspecified atom stereocenters. The van der Waals surface area contributed by atoms with Crippen molar-refractivity contribution in [1.29, 1.82) is 0 Å². The average Bonchev–Trinajstić information content (AvgIpc) is 2.27. The first kappa shape index (κ1) is 12.3. The lowest BCUT2D eigenvalue weighted by Gasteiger charge is -2.39. The molecule has 2 rings (SSSR count). The lowest BCUT2D eigenvalue weighted by molar-refractivity contribution is 0.112. The zero-order valence-corrected chi connectivity index (χ0v) is 10.9. The lowest BCUT2D eigenvalue weighted by Crippen LogP contribution is -2.41. The van der Waals surface area contributed by atoms with Gasteiger partial charge in [-0.3, -0.25) is 4.79 Å². The molecule has 1 aromatic heterocycles. The van der Waals surface area contributed by atoms with Crippen molar-refractivity contribution in [2.24, 2.45) is 5.41 Å². The highest BCUT2D eigenvalue weighted by Crippen LogP contribution is 2.32. The molecule has 2 heterocycles. The fraction of sp³-hybridized carbons (Fsp3) is 0.583. The molecule has 0 radical (unpaired) electrons. The first-order valence-corrected chi connectivity index (χ1v) is 6.12. The molecule has 1 aromatic rings. The summed E-state index contributed by atoms with van der Waals surface area (Å²) in [6, 6.07) is 0. The van der Waals surface area contributed by atoms with Crippen molar-refractivity contribution in [2.75, 3.05) is 18.0 Å². The summed E-state index contributed by atoms with van der Waals surface area (Å²) in [4.78, 5) is 21.2. The van der Waals surface area contributed by atoms with Gasteiger partial charge in [-0.2, -0.15) is 0 Å². The van der Waals surface area contributed by atoms with Crippen LogP contribution < -0.4 is 4.90 Å². The number of rotatable bonds is 2. The average molecular weight is 254 g/mol. The number of anilines is 1. The largest absolute Gasteiger partial charge is 0.355 e. The Morgan fingerprint density at radius 1 is 1.47 bits per heavy atom. The van der Waals surface area contributed by atoms with Crippen LogP contribution in [-0.4, -0.2) is 29.3 Å². The molecule has 0 amide bonds. The number of hydrogen-bond donors (Lipinski definition) is 0. The van der Waals surface area contributed by atoms with E-state index in [9.17, 15) is 4.79 Å². The molecular weight excluding hydrogens is 238 g/mol. The summed E-state index contributed by atoms with van der Waals surface area (Å²) in [5, 5.41) is 0.230. The van der Waals surface area contributed by atoms with E-state index in [4.69, 9.17) is 11.6 Å². The Balaban J connectivity index is 2.34. The highest BCUT2D eigenvalue weighted by atomic mass is 35.5. The molecule has 0 aliphatic carbocycles. The molecular formula is C12H16ClN3O. The van der Waals surface area contributed by atoms with Gasteiger partial charge in [0, 0.05) is 13.1 Å². The normalized spacial score (nSPS) is 19.1. The van der Waals surface area contributed by atoms with Crippen molar-refractivity contribution in [3.8, 4) is 0 Å². The van der Waals surface area contributed by atoms with E-state index < -0.39 is 0 Å². The zero-order chi connectivity index (χ0) is 12.5. The van der Waals surface area contributed by atoms with E-state index in [1.807, 2.05) is 0 Å². The SMILES string of the molecule is CC1(C)CCCN(c2ncnc(Cl)c2C=O)C1. The standard InChI is InChI=1S/C12H16ClN3O/c1-12(2)4-3-5-16(7-12)11-9(6-17)10(13)14-8-15-11/h6,8H,3-5,7H2,1-2H3. The maximum atomic E-state index is 11.1. The van der Waals surface area contributed by atoms with E-state index in [1.165, 1.54) is 12.7 Å². The second-order valence-corrected chi connectivity index (χ2v) is 5.57. The molecule has 1 saturated heterocycles. The third-order valence-electron chi connectivity index (χ3n) is 3.13. The molecule has 1 aliphatic rings. The molecule has 0 N–H and O–H groups in total.